The van der Waals surface area contributed by atoms with Gasteiger partial charge in [-0.1, -0.05) is 30.3 Å². The smallest absolute Gasteiger partial charge is 0.420 e. The molecule has 0 bridgehead atoms. The highest BCUT2D eigenvalue weighted by Crippen LogP contribution is 2.39. The van der Waals surface area contributed by atoms with Crippen molar-refractivity contribution in [1.82, 2.24) is 4.31 Å². The van der Waals surface area contributed by atoms with Gasteiger partial charge in [-0.25, -0.2) is 8.42 Å². The van der Waals surface area contributed by atoms with Gasteiger partial charge < -0.3 is 23.7 Å². The predicted octanol–water partition coefficient (Wildman–Crippen LogP) is 7.30. The van der Waals surface area contributed by atoms with Gasteiger partial charge in [0.25, 0.3) is 0 Å². The molecule has 0 heterocycles. The molecule has 4 rings (SSSR count). The minimum Gasteiger partial charge on any atom is -0.497 e. The summed E-state index contributed by atoms with van der Waals surface area (Å²) in [6, 6.07) is 21.9. The van der Waals surface area contributed by atoms with Crippen molar-refractivity contribution in [1.29, 1.82) is 0 Å². The molecule has 0 aliphatic heterocycles. The van der Waals surface area contributed by atoms with Gasteiger partial charge in [0.05, 0.1) is 45.5 Å². The molecule has 0 N–H and O–H groups in total. The highest BCUT2D eigenvalue weighted by molar-refractivity contribution is 7.99. The van der Waals surface area contributed by atoms with Crippen molar-refractivity contribution in [3.8, 4) is 28.7 Å². The summed E-state index contributed by atoms with van der Waals surface area (Å²) in [5, 5.41) is 0. The maximum Gasteiger partial charge on any atom is 0.420 e. The second kappa shape index (κ2) is 15.5. The highest BCUT2D eigenvalue weighted by Gasteiger charge is 2.37. The van der Waals surface area contributed by atoms with Crippen LogP contribution in [-0.2, 0) is 29.3 Å². The quantitative estimate of drug-likeness (QED) is 0.0958. The van der Waals surface area contributed by atoms with Crippen molar-refractivity contribution in [2.24, 2.45) is 0 Å². The third kappa shape index (κ3) is 8.59. The summed E-state index contributed by atoms with van der Waals surface area (Å²) in [6.07, 6.45) is -4.88. The molecule has 8 nitrogen and oxygen atoms in total. The summed E-state index contributed by atoms with van der Waals surface area (Å²) in [4.78, 5) is 0.399. The lowest BCUT2D eigenvalue weighted by Crippen LogP contribution is -2.31. The summed E-state index contributed by atoms with van der Waals surface area (Å²) in [5.41, 5.74) is -0.264. The van der Waals surface area contributed by atoms with Gasteiger partial charge in [0.15, 0.2) is 0 Å². The Morgan fingerprint density at radius 2 is 1.26 bits per heavy atom. The number of ether oxygens (including phenoxy) is 5. The Labute approximate surface area is 271 Å². The first-order chi connectivity index (χ1) is 22.0. The van der Waals surface area contributed by atoms with Gasteiger partial charge in [-0.15, -0.1) is 11.8 Å². The summed E-state index contributed by atoms with van der Waals surface area (Å²) in [7, 11) is 1.28. The van der Waals surface area contributed by atoms with Crippen LogP contribution in [-0.4, -0.2) is 53.5 Å². The maximum absolute atomic E-state index is 14.3. The molecule has 0 saturated heterocycles. The molecule has 246 valence electrons. The molecule has 0 radical (unpaired) electrons. The molecule has 4 aromatic carbocycles. The third-order valence-electron chi connectivity index (χ3n) is 6.93. The molecule has 4 aromatic rings. The normalized spacial score (nSPS) is 11.7. The number of methoxy groups -OCH3 is 4. The molecule has 0 amide bonds. The van der Waals surface area contributed by atoms with E-state index >= 15 is 0 Å². The molecule has 46 heavy (non-hydrogen) atoms. The van der Waals surface area contributed by atoms with Crippen LogP contribution in [0.3, 0.4) is 0 Å². The van der Waals surface area contributed by atoms with Crippen molar-refractivity contribution in [3.05, 3.63) is 102 Å². The summed E-state index contributed by atoms with van der Waals surface area (Å²) in [6.45, 7) is -0.489. The van der Waals surface area contributed by atoms with E-state index in [2.05, 4.69) is 0 Å². The fourth-order valence-corrected chi connectivity index (χ4v) is 6.74. The van der Waals surface area contributed by atoms with Crippen LogP contribution in [0.5, 0.6) is 28.7 Å². The van der Waals surface area contributed by atoms with Crippen molar-refractivity contribution in [2.45, 2.75) is 29.1 Å². The number of nitrogens with zero attached hydrogens (tertiary/aromatic N) is 1. The average molecular weight is 678 g/mol. The Bertz CT molecular complexity index is 1660. The van der Waals surface area contributed by atoms with Crippen LogP contribution >= 0.6 is 11.8 Å². The van der Waals surface area contributed by atoms with E-state index in [1.54, 1.807) is 36.4 Å². The molecular weight excluding hydrogens is 643 g/mol. The molecule has 0 aliphatic carbocycles. The Morgan fingerprint density at radius 3 is 1.76 bits per heavy atom. The van der Waals surface area contributed by atoms with Crippen LogP contribution < -0.4 is 23.7 Å². The number of sulfonamides is 1. The number of hydrogen-bond acceptors (Lipinski definition) is 8. The van der Waals surface area contributed by atoms with Crippen LogP contribution in [0.25, 0.3) is 0 Å². The fraction of sp³-hybridized carbons (Fsp3) is 0.273. The van der Waals surface area contributed by atoms with Gasteiger partial charge >= 0.3 is 6.18 Å². The van der Waals surface area contributed by atoms with Gasteiger partial charge in [0.1, 0.15) is 28.7 Å². The van der Waals surface area contributed by atoms with Gasteiger partial charge in [-0.2, -0.15) is 17.5 Å². The Balaban J connectivity index is 1.70. The molecule has 0 atom stereocenters. The lowest BCUT2D eigenvalue weighted by atomic mass is 10.1. The van der Waals surface area contributed by atoms with Crippen LogP contribution in [0, 0.1) is 0 Å². The monoisotopic (exact) mass is 677 g/mol. The first-order valence-corrected chi connectivity index (χ1v) is 16.4. The molecule has 0 aliphatic rings. The molecular formula is C33H34F3NO7S2. The van der Waals surface area contributed by atoms with E-state index in [9.17, 15) is 21.6 Å². The number of halogens is 3. The highest BCUT2D eigenvalue weighted by atomic mass is 32.2. The zero-order valence-electron chi connectivity index (χ0n) is 25.7. The minimum absolute atomic E-state index is 0.0185. The van der Waals surface area contributed by atoms with E-state index in [0.29, 0.717) is 45.9 Å². The number of hydrogen-bond donors (Lipinski definition) is 0. The van der Waals surface area contributed by atoms with Crippen LogP contribution in [0.2, 0.25) is 0 Å². The number of benzene rings is 4. The average Bonchev–Trinajstić information content (AvgIpc) is 3.06. The molecule has 0 spiro atoms. The topological polar surface area (TPSA) is 83.5 Å². The molecule has 0 fully saturated rings. The van der Waals surface area contributed by atoms with E-state index in [4.69, 9.17) is 23.7 Å². The van der Waals surface area contributed by atoms with Crippen molar-refractivity contribution in [2.75, 3.05) is 40.8 Å². The van der Waals surface area contributed by atoms with Crippen LogP contribution in [0.4, 0.5) is 13.2 Å². The third-order valence-corrected chi connectivity index (χ3v) is 9.69. The number of alkyl halides is 3. The minimum atomic E-state index is -4.88. The SMILES string of the molecule is COc1ccc(CN(Cc2ccc(OC)cc2OC)S(=O)(=O)c2ccc(OCCSc3ccccc3)c(C(F)(F)F)c2)c(OC)c1. The largest absolute Gasteiger partial charge is 0.497 e. The summed E-state index contributed by atoms with van der Waals surface area (Å²) < 4.78 is 99.2. The number of rotatable bonds is 15. The van der Waals surface area contributed by atoms with E-state index in [1.165, 1.54) is 40.2 Å². The van der Waals surface area contributed by atoms with E-state index in [0.717, 1.165) is 21.3 Å². The van der Waals surface area contributed by atoms with E-state index in [1.807, 2.05) is 30.3 Å². The Kier molecular flexibility index (Phi) is 11.7. The number of thioether (sulfide) groups is 1. The van der Waals surface area contributed by atoms with E-state index in [-0.39, 0.29) is 19.7 Å². The molecule has 0 aromatic heterocycles. The first-order valence-electron chi connectivity index (χ1n) is 13.9. The summed E-state index contributed by atoms with van der Waals surface area (Å²) >= 11 is 1.43. The second-order valence-corrected chi connectivity index (χ2v) is 12.9. The zero-order chi connectivity index (χ0) is 33.3. The van der Waals surface area contributed by atoms with Crippen molar-refractivity contribution in [3.63, 3.8) is 0 Å². The summed E-state index contributed by atoms with van der Waals surface area (Å²) in [5.74, 6) is 1.59. The fourth-order valence-electron chi connectivity index (χ4n) is 4.56. The maximum atomic E-state index is 14.3. The van der Waals surface area contributed by atoms with Crippen molar-refractivity contribution >= 4 is 21.8 Å². The lowest BCUT2D eigenvalue weighted by Gasteiger charge is -2.25. The molecule has 0 unspecified atom stereocenters. The van der Waals surface area contributed by atoms with Crippen LogP contribution in [0.15, 0.2) is 94.7 Å². The lowest BCUT2D eigenvalue weighted by molar-refractivity contribution is -0.139. The standard InChI is InChI=1S/C33H34F3NO7S2/c1-40-25-12-10-23(31(18-25)42-3)21-37(22-24-11-13-26(41-2)19-32(24)43-4)46(38,39)28-14-15-30(29(20-28)33(34,35)36)44-16-17-45-27-8-6-5-7-9-27/h5-15,18-20H,16-17,21-22H2,1-4H3. The molecule has 13 heteroatoms. The second-order valence-electron chi connectivity index (χ2n) is 9.79. The first kappa shape index (κ1) is 34.8. The van der Waals surface area contributed by atoms with Gasteiger partial charge in [0.2, 0.25) is 10.0 Å². The van der Waals surface area contributed by atoms with E-state index < -0.39 is 32.4 Å². The molecule has 0 saturated carbocycles. The van der Waals surface area contributed by atoms with Gasteiger partial charge in [0, 0.05) is 47.0 Å². The predicted molar refractivity (Wildman–Crippen MR) is 170 cm³/mol. The van der Waals surface area contributed by atoms with Gasteiger partial charge in [-0.3, -0.25) is 0 Å². The van der Waals surface area contributed by atoms with Crippen LogP contribution in [0.1, 0.15) is 16.7 Å². The Hall–Kier alpha value is -4.07. The van der Waals surface area contributed by atoms with Gasteiger partial charge in [-0.05, 0) is 42.5 Å². The Morgan fingerprint density at radius 1 is 0.696 bits per heavy atom. The zero-order valence-corrected chi connectivity index (χ0v) is 27.3. The van der Waals surface area contributed by atoms with Crippen molar-refractivity contribution < 1.29 is 45.3 Å².